The normalized spacial score (nSPS) is 13.5. The Morgan fingerprint density at radius 3 is 2.19 bits per heavy atom. The molecule has 0 radical (unpaired) electrons. The second-order valence-corrected chi connectivity index (χ2v) is 7.61. The van der Waals surface area contributed by atoms with Gasteiger partial charge in [0.25, 0.3) is 5.69 Å². The minimum absolute atomic E-state index is 0.0597. The molecule has 3 aromatic rings. The number of halogens is 1. The van der Waals surface area contributed by atoms with Crippen molar-refractivity contribution >= 4 is 34.7 Å². The number of hydrogen-bond acceptors (Lipinski definition) is 5. The van der Waals surface area contributed by atoms with Crippen molar-refractivity contribution in [1.82, 2.24) is 4.90 Å². The van der Waals surface area contributed by atoms with Crippen LogP contribution >= 0.6 is 11.6 Å². The summed E-state index contributed by atoms with van der Waals surface area (Å²) in [6, 6.07) is 20.6. The first-order chi connectivity index (χ1) is 15.5. The molecule has 1 heterocycles. The minimum atomic E-state index is -0.417. The molecule has 1 aliphatic heterocycles. The predicted octanol–water partition coefficient (Wildman–Crippen LogP) is 5.39. The van der Waals surface area contributed by atoms with Crippen LogP contribution in [0.3, 0.4) is 0 Å². The molecule has 0 aliphatic carbocycles. The summed E-state index contributed by atoms with van der Waals surface area (Å²) in [7, 11) is 0. The number of hydrogen-bond donors (Lipinski definition) is 1. The lowest BCUT2D eigenvalue weighted by Crippen LogP contribution is -2.50. The van der Waals surface area contributed by atoms with Crippen molar-refractivity contribution in [3.8, 4) is 11.5 Å². The molecule has 4 rings (SSSR count). The summed E-state index contributed by atoms with van der Waals surface area (Å²) in [5.74, 6) is 1.01. The fourth-order valence-electron chi connectivity index (χ4n) is 3.45. The average Bonchev–Trinajstić information content (AvgIpc) is 2.82. The molecular weight excluding hydrogens is 432 g/mol. The first kappa shape index (κ1) is 21.5. The van der Waals surface area contributed by atoms with E-state index in [9.17, 15) is 14.9 Å². The van der Waals surface area contributed by atoms with E-state index in [-0.39, 0.29) is 11.7 Å². The lowest BCUT2D eigenvalue weighted by atomic mass is 10.2. The quantitative estimate of drug-likeness (QED) is 0.414. The molecule has 0 unspecified atom stereocenters. The van der Waals surface area contributed by atoms with E-state index in [4.69, 9.17) is 16.3 Å². The standard InChI is InChI=1S/C23H21ClN4O4/c24-19-5-1-3-7-21(19)32-22-8-4-2-6-20(22)25-23(29)27-15-13-26(14-16-27)17-9-11-18(12-10-17)28(30)31/h1-12H,13-16H2,(H,25,29). The topological polar surface area (TPSA) is 88.0 Å². The van der Waals surface area contributed by atoms with Crippen LogP contribution in [0, 0.1) is 10.1 Å². The third-order valence-corrected chi connectivity index (χ3v) is 5.49. The molecule has 0 saturated carbocycles. The van der Waals surface area contributed by atoms with Crippen molar-refractivity contribution in [2.45, 2.75) is 0 Å². The van der Waals surface area contributed by atoms with Gasteiger partial charge in [-0.2, -0.15) is 0 Å². The molecule has 1 N–H and O–H groups in total. The zero-order chi connectivity index (χ0) is 22.5. The van der Waals surface area contributed by atoms with E-state index in [1.807, 2.05) is 24.3 Å². The van der Waals surface area contributed by atoms with Gasteiger partial charge in [0, 0.05) is 44.0 Å². The second kappa shape index (κ2) is 9.57. The van der Waals surface area contributed by atoms with Crippen molar-refractivity contribution in [3.05, 3.63) is 87.9 Å². The first-order valence-corrected chi connectivity index (χ1v) is 10.5. The van der Waals surface area contributed by atoms with Crippen molar-refractivity contribution in [2.75, 3.05) is 36.4 Å². The van der Waals surface area contributed by atoms with Crippen LogP contribution in [0.25, 0.3) is 0 Å². The number of nitro groups is 1. The Bertz CT molecular complexity index is 1110. The number of carbonyl (C=O) groups is 1. The molecule has 0 spiro atoms. The van der Waals surface area contributed by atoms with E-state index < -0.39 is 4.92 Å². The number of amides is 2. The molecule has 3 aromatic carbocycles. The Morgan fingerprint density at radius 2 is 1.53 bits per heavy atom. The third-order valence-electron chi connectivity index (χ3n) is 5.18. The Morgan fingerprint density at radius 1 is 0.906 bits per heavy atom. The highest BCUT2D eigenvalue weighted by atomic mass is 35.5. The molecule has 1 fully saturated rings. The monoisotopic (exact) mass is 452 g/mol. The maximum absolute atomic E-state index is 12.8. The highest BCUT2D eigenvalue weighted by Crippen LogP contribution is 2.33. The van der Waals surface area contributed by atoms with E-state index in [0.29, 0.717) is 48.4 Å². The summed E-state index contributed by atoms with van der Waals surface area (Å²) >= 11 is 6.18. The largest absolute Gasteiger partial charge is 0.454 e. The summed E-state index contributed by atoms with van der Waals surface area (Å²) in [6.45, 7) is 2.30. The zero-order valence-electron chi connectivity index (χ0n) is 17.1. The van der Waals surface area contributed by atoms with Crippen LogP contribution in [-0.4, -0.2) is 42.0 Å². The van der Waals surface area contributed by atoms with Gasteiger partial charge in [-0.3, -0.25) is 10.1 Å². The average molecular weight is 453 g/mol. The maximum Gasteiger partial charge on any atom is 0.322 e. The lowest BCUT2D eigenvalue weighted by Gasteiger charge is -2.36. The van der Waals surface area contributed by atoms with Gasteiger partial charge < -0.3 is 19.9 Å². The summed E-state index contributed by atoms with van der Waals surface area (Å²) in [6.07, 6.45) is 0. The SMILES string of the molecule is O=C(Nc1ccccc1Oc1ccccc1Cl)N1CCN(c2ccc([N+](=O)[O-])cc2)CC1. The zero-order valence-corrected chi connectivity index (χ0v) is 17.9. The molecule has 1 aliphatic rings. The van der Waals surface area contributed by atoms with Gasteiger partial charge in [0.15, 0.2) is 5.75 Å². The van der Waals surface area contributed by atoms with Gasteiger partial charge in [-0.15, -0.1) is 0 Å². The number of ether oxygens (including phenoxy) is 1. The van der Waals surface area contributed by atoms with E-state index in [1.54, 1.807) is 41.3 Å². The molecule has 164 valence electrons. The molecule has 9 heteroatoms. The first-order valence-electron chi connectivity index (χ1n) is 10.1. The van der Waals surface area contributed by atoms with Gasteiger partial charge >= 0.3 is 6.03 Å². The Labute approximate surface area is 190 Å². The van der Waals surface area contributed by atoms with E-state index in [1.165, 1.54) is 12.1 Å². The number of non-ortho nitro benzene ring substituents is 1. The Kier molecular flexibility index (Phi) is 6.42. The van der Waals surface area contributed by atoms with Gasteiger partial charge in [0.2, 0.25) is 0 Å². The smallest absolute Gasteiger partial charge is 0.322 e. The van der Waals surface area contributed by atoms with Crippen molar-refractivity contribution in [1.29, 1.82) is 0 Å². The Balaban J connectivity index is 1.37. The number of urea groups is 1. The molecule has 2 amide bonds. The molecule has 1 saturated heterocycles. The van der Waals surface area contributed by atoms with E-state index in [0.717, 1.165) is 5.69 Å². The second-order valence-electron chi connectivity index (χ2n) is 7.21. The molecular formula is C23H21ClN4O4. The lowest BCUT2D eigenvalue weighted by molar-refractivity contribution is -0.384. The summed E-state index contributed by atoms with van der Waals surface area (Å²) in [4.78, 5) is 27.1. The van der Waals surface area contributed by atoms with Gasteiger partial charge in [0.1, 0.15) is 5.75 Å². The predicted molar refractivity (Wildman–Crippen MR) is 124 cm³/mol. The van der Waals surface area contributed by atoms with E-state index >= 15 is 0 Å². The fourth-order valence-corrected chi connectivity index (χ4v) is 3.63. The number of para-hydroxylation sites is 3. The van der Waals surface area contributed by atoms with Crippen LogP contribution in [-0.2, 0) is 0 Å². The minimum Gasteiger partial charge on any atom is -0.454 e. The van der Waals surface area contributed by atoms with E-state index in [2.05, 4.69) is 10.2 Å². The number of nitrogens with zero attached hydrogens (tertiary/aromatic N) is 3. The van der Waals surface area contributed by atoms with Crippen LogP contribution in [0.5, 0.6) is 11.5 Å². The highest BCUT2D eigenvalue weighted by molar-refractivity contribution is 6.32. The maximum atomic E-state index is 12.8. The Hall–Kier alpha value is -3.78. The molecule has 0 aromatic heterocycles. The fraction of sp³-hybridized carbons (Fsp3) is 0.174. The number of benzene rings is 3. The van der Waals surface area contributed by atoms with Gasteiger partial charge in [-0.05, 0) is 36.4 Å². The van der Waals surface area contributed by atoms with Crippen LogP contribution in [0.2, 0.25) is 5.02 Å². The number of nitrogens with one attached hydrogen (secondary N) is 1. The summed E-state index contributed by atoms with van der Waals surface area (Å²) in [5, 5.41) is 14.2. The van der Waals surface area contributed by atoms with Crippen LogP contribution < -0.4 is 15.0 Å². The van der Waals surface area contributed by atoms with Gasteiger partial charge in [-0.25, -0.2) is 4.79 Å². The molecule has 0 atom stereocenters. The van der Waals surface area contributed by atoms with Crippen molar-refractivity contribution < 1.29 is 14.5 Å². The highest BCUT2D eigenvalue weighted by Gasteiger charge is 2.22. The molecule has 8 nitrogen and oxygen atoms in total. The summed E-state index contributed by atoms with van der Waals surface area (Å²) in [5.41, 5.74) is 1.51. The van der Waals surface area contributed by atoms with Crippen LogP contribution in [0.15, 0.2) is 72.8 Å². The number of piperazine rings is 1. The van der Waals surface area contributed by atoms with Gasteiger partial charge in [-0.1, -0.05) is 35.9 Å². The number of nitro benzene ring substituents is 1. The number of carbonyl (C=O) groups excluding carboxylic acids is 1. The molecule has 32 heavy (non-hydrogen) atoms. The van der Waals surface area contributed by atoms with Gasteiger partial charge in [0.05, 0.1) is 15.6 Å². The van der Waals surface area contributed by atoms with Crippen LogP contribution in [0.4, 0.5) is 21.9 Å². The number of anilines is 2. The van der Waals surface area contributed by atoms with Crippen LogP contribution in [0.1, 0.15) is 0 Å². The third kappa shape index (κ3) is 4.92. The van der Waals surface area contributed by atoms with Crippen molar-refractivity contribution in [3.63, 3.8) is 0 Å². The number of rotatable bonds is 5. The van der Waals surface area contributed by atoms with Crippen molar-refractivity contribution in [2.24, 2.45) is 0 Å². The summed E-state index contributed by atoms with van der Waals surface area (Å²) < 4.78 is 5.91. The molecule has 0 bridgehead atoms.